The Morgan fingerprint density at radius 1 is 1.10 bits per heavy atom. The van der Waals surface area contributed by atoms with Gasteiger partial charge < -0.3 is 20.9 Å². The van der Waals surface area contributed by atoms with E-state index in [2.05, 4.69) is 48.7 Å². The highest BCUT2D eigenvalue weighted by atomic mass is 19.1. The first kappa shape index (κ1) is 35.2. The molecule has 13 heteroatoms. The van der Waals surface area contributed by atoms with Crippen LogP contribution < -0.4 is 16.0 Å². The number of fused-ring (bicyclic) bond motifs is 3. The second-order valence-corrected chi connectivity index (χ2v) is 14.4. The van der Waals surface area contributed by atoms with E-state index < -0.39 is 11.5 Å². The number of benzene rings is 2. The lowest BCUT2D eigenvalue weighted by Gasteiger charge is -2.43. The largest absolute Gasteiger partial charge is 0.352 e. The summed E-state index contributed by atoms with van der Waals surface area (Å²) >= 11 is 0. The van der Waals surface area contributed by atoms with Crippen molar-refractivity contribution < 1.29 is 18.8 Å². The van der Waals surface area contributed by atoms with E-state index in [1.54, 1.807) is 17.0 Å². The molecule has 0 spiro atoms. The number of allylic oxidation sites excluding steroid dienone is 2. The van der Waals surface area contributed by atoms with Crippen LogP contribution in [0.25, 0.3) is 0 Å². The van der Waals surface area contributed by atoms with Gasteiger partial charge in [0, 0.05) is 42.2 Å². The molecule has 52 heavy (non-hydrogen) atoms. The molecule has 12 nitrogen and oxygen atoms in total. The topological polar surface area (TPSA) is 169 Å². The molecular weight excluding hydrogens is 661 g/mol. The lowest BCUT2D eigenvalue weighted by molar-refractivity contribution is -0.131. The van der Waals surface area contributed by atoms with Crippen LogP contribution >= 0.6 is 0 Å². The highest BCUT2D eigenvalue weighted by Gasteiger charge is 2.54. The van der Waals surface area contributed by atoms with Crippen molar-refractivity contribution in [2.75, 3.05) is 19.6 Å². The second-order valence-electron chi connectivity index (χ2n) is 14.4. The van der Waals surface area contributed by atoms with Crippen molar-refractivity contribution in [2.24, 2.45) is 17.8 Å². The number of carbonyl (C=O) groups excluding carboxylic acids is 3. The number of H-pyrrole nitrogens is 1. The van der Waals surface area contributed by atoms with Crippen molar-refractivity contribution >= 4 is 17.7 Å². The number of aromatic nitrogens is 4. The van der Waals surface area contributed by atoms with Crippen LogP contribution in [0.4, 0.5) is 4.39 Å². The van der Waals surface area contributed by atoms with E-state index in [9.17, 15) is 24.0 Å². The van der Waals surface area contributed by atoms with Gasteiger partial charge in [-0.05, 0) is 116 Å². The van der Waals surface area contributed by atoms with E-state index in [0.717, 1.165) is 23.1 Å². The maximum atomic E-state index is 14.1. The molecule has 4 unspecified atom stereocenters. The number of amides is 3. The summed E-state index contributed by atoms with van der Waals surface area (Å²) in [4.78, 5) is 41.7. The standard InChI is InChI=1S/C39H44FN9O3/c1-3-42-36(51)26-9-13-32-24(16-26)7-8-25-17-27(37(52)43-4-2)10-14-33(25)39(32,38-45-47-48-46-38)20-30(15-23-5-11-29(40)12-6-23)44-22-35(50)49-31(21-41)18-28-19-34(28)49/h5-6,9-14,16-17,24,28,30-32,34,44H,3-4,7-8,15,18-20,22H2,1-2H3,(H,42,51)(H,43,52)(H,45,46,47,48)/t24?,28-,30+,31?,32?,34+,39?/m1/s1. The molecule has 1 saturated heterocycles. The highest BCUT2D eigenvalue weighted by Crippen LogP contribution is 2.52. The van der Waals surface area contributed by atoms with Gasteiger partial charge in [0.25, 0.3) is 11.8 Å². The minimum atomic E-state index is -0.912. The lowest BCUT2D eigenvalue weighted by Crippen LogP contribution is -2.50. The molecule has 7 rings (SSSR count). The highest BCUT2D eigenvalue weighted by molar-refractivity contribution is 5.96. The Hall–Kier alpha value is -5.22. The molecular formula is C39H44FN9O3. The summed E-state index contributed by atoms with van der Waals surface area (Å²) in [7, 11) is 0. The number of tetrazole rings is 1. The number of nitriles is 1. The van der Waals surface area contributed by atoms with Gasteiger partial charge in [-0.3, -0.25) is 14.4 Å². The number of rotatable bonds is 12. The van der Waals surface area contributed by atoms with Crippen LogP contribution in [0.3, 0.4) is 0 Å². The van der Waals surface area contributed by atoms with E-state index in [4.69, 9.17) is 0 Å². The van der Waals surface area contributed by atoms with Gasteiger partial charge in [-0.25, -0.2) is 9.49 Å². The molecule has 3 aromatic rings. The third-order valence-corrected chi connectivity index (χ3v) is 11.3. The zero-order valence-corrected chi connectivity index (χ0v) is 29.4. The number of nitrogens with one attached hydrogen (secondary N) is 4. The van der Waals surface area contributed by atoms with Crippen molar-refractivity contribution in [1.29, 1.82) is 5.26 Å². The maximum absolute atomic E-state index is 14.1. The molecule has 4 N–H and O–H groups in total. The van der Waals surface area contributed by atoms with E-state index in [1.165, 1.54) is 12.1 Å². The van der Waals surface area contributed by atoms with E-state index in [1.807, 2.05) is 44.2 Å². The monoisotopic (exact) mass is 705 g/mol. The molecule has 0 radical (unpaired) electrons. The summed E-state index contributed by atoms with van der Waals surface area (Å²) in [6.45, 7) is 4.78. The zero-order valence-electron chi connectivity index (χ0n) is 29.4. The number of halogens is 1. The molecule has 2 fully saturated rings. The summed E-state index contributed by atoms with van der Waals surface area (Å²) in [5, 5.41) is 34.9. The summed E-state index contributed by atoms with van der Waals surface area (Å²) < 4.78 is 14.1. The number of aromatic amines is 1. The Labute approximate surface area is 302 Å². The second kappa shape index (κ2) is 14.8. The predicted octanol–water partition coefficient (Wildman–Crippen LogP) is 3.29. The molecule has 270 valence electrons. The number of aryl methyl sites for hydroxylation is 1. The average molecular weight is 706 g/mol. The molecule has 1 aromatic heterocycles. The molecule has 3 aliphatic carbocycles. The Balaban J connectivity index is 1.32. The van der Waals surface area contributed by atoms with Crippen molar-refractivity contribution in [3.63, 3.8) is 0 Å². The minimum Gasteiger partial charge on any atom is -0.352 e. The summed E-state index contributed by atoms with van der Waals surface area (Å²) in [6, 6.07) is 13.8. The summed E-state index contributed by atoms with van der Waals surface area (Å²) in [5.74, 6) is -0.171. The Kier molecular flexibility index (Phi) is 10.0. The summed E-state index contributed by atoms with van der Waals surface area (Å²) in [6.07, 6.45) is 9.84. The van der Waals surface area contributed by atoms with Gasteiger partial charge in [0.15, 0.2) is 5.82 Å². The molecule has 1 saturated carbocycles. The average Bonchev–Trinajstić information content (AvgIpc) is 3.53. The van der Waals surface area contributed by atoms with Gasteiger partial charge in [-0.1, -0.05) is 36.4 Å². The molecule has 3 amide bonds. The van der Waals surface area contributed by atoms with Crippen LogP contribution in [0.1, 0.15) is 72.4 Å². The van der Waals surface area contributed by atoms with E-state index >= 15 is 0 Å². The van der Waals surface area contributed by atoms with Crippen LogP contribution in [0.2, 0.25) is 0 Å². The lowest BCUT2D eigenvalue weighted by atomic mass is 9.60. The van der Waals surface area contributed by atoms with E-state index in [-0.39, 0.29) is 54.0 Å². The van der Waals surface area contributed by atoms with Crippen molar-refractivity contribution in [1.82, 2.24) is 41.5 Å². The number of hydrogen-bond donors (Lipinski definition) is 4. The smallest absolute Gasteiger partial charge is 0.251 e. The van der Waals surface area contributed by atoms with Crippen molar-refractivity contribution in [3.05, 3.63) is 100 Å². The number of carbonyl (C=O) groups is 3. The molecule has 4 aliphatic rings. The maximum Gasteiger partial charge on any atom is 0.251 e. The van der Waals surface area contributed by atoms with Crippen molar-refractivity contribution in [3.8, 4) is 6.07 Å². The van der Waals surface area contributed by atoms with Crippen LogP contribution in [-0.4, -0.2) is 81.0 Å². The normalized spacial score (nSPS) is 26.2. The minimum absolute atomic E-state index is 0.0200. The summed E-state index contributed by atoms with van der Waals surface area (Å²) in [5.41, 5.74) is 3.03. The molecule has 0 bridgehead atoms. The first-order chi connectivity index (χ1) is 25.2. The van der Waals surface area contributed by atoms with Gasteiger partial charge in [-0.2, -0.15) is 5.26 Å². The van der Waals surface area contributed by atoms with Crippen LogP contribution in [0, 0.1) is 34.9 Å². The van der Waals surface area contributed by atoms with Gasteiger partial charge in [0.05, 0.1) is 18.0 Å². The molecule has 2 heterocycles. The quantitative estimate of drug-likeness (QED) is 0.223. The molecule has 2 aromatic carbocycles. The number of likely N-dealkylation sites (tertiary alicyclic amines) is 1. The fraction of sp³-hybridized carbons (Fsp3) is 0.462. The molecule has 1 aliphatic heterocycles. The first-order valence-electron chi connectivity index (χ1n) is 18.3. The fourth-order valence-corrected chi connectivity index (χ4v) is 8.83. The third-order valence-electron chi connectivity index (χ3n) is 11.3. The van der Waals surface area contributed by atoms with Crippen molar-refractivity contribution in [2.45, 2.75) is 75.9 Å². The molecule has 7 atom stereocenters. The Bertz CT molecular complexity index is 1920. The van der Waals surface area contributed by atoms with Crippen LogP contribution in [-0.2, 0) is 27.8 Å². The number of hydrogen-bond acceptors (Lipinski definition) is 8. The predicted molar refractivity (Wildman–Crippen MR) is 190 cm³/mol. The Morgan fingerprint density at radius 2 is 1.88 bits per heavy atom. The van der Waals surface area contributed by atoms with Crippen LogP contribution in [0.5, 0.6) is 0 Å². The SMILES string of the molecule is CCNC(=O)C1=CC2CCc3cc(C(=O)NCC)ccc3C(C[C@H](Cc3ccc(F)cc3)NCC(=O)N3C(C#N)C[C@@H]4C[C@@H]43)(c3nnn[nH]3)C2C=C1. The Morgan fingerprint density at radius 3 is 2.62 bits per heavy atom. The fourth-order valence-electron chi connectivity index (χ4n) is 8.83. The first-order valence-corrected chi connectivity index (χ1v) is 18.3. The number of piperidine rings is 1. The third kappa shape index (κ3) is 6.75. The van der Waals surface area contributed by atoms with E-state index in [0.29, 0.717) is 68.1 Å². The number of likely N-dealkylation sites (N-methyl/N-ethyl adjacent to an activating group) is 1. The van der Waals surface area contributed by atoms with Gasteiger partial charge in [0.2, 0.25) is 5.91 Å². The number of nitrogens with zero attached hydrogens (tertiary/aromatic N) is 5. The van der Waals surface area contributed by atoms with Gasteiger partial charge in [0.1, 0.15) is 11.9 Å². The van der Waals surface area contributed by atoms with Crippen LogP contribution in [0.15, 0.2) is 66.3 Å². The van der Waals surface area contributed by atoms with Gasteiger partial charge in [-0.15, -0.1) is 5.10 Å². The zero-order chi connectivity index (χ0) is 36.4. The van der Waals surface area contributed by atoms with Gasteiger partial charge >= 0.3 is 0 Å².